The largest absolute Gasteiger partial charge is 0.346 e. The van der Waals surface area contributed by atoms with Crippen LogP contribution in [-0.4, -0.2) is 34.8 Å². The predicted molar refractivity (Wildman–Crippen MR) is 89.0 cm³/mol. The average Bonchev–Trinajstić information content (AvgIpc) is 2.92. The Labute approximate surface area is 134 Å². The molecule has 6 heteroatoms. The van der Waals surface area contributed by atoms with Crippen molar-refractivity contribution in [2.75, 3.05) is 13.1 Å². The summed E-state index contributed by atoms with van der Waals surface area (Å²) in [5.74, 6) is 0.180. The number of piperidine rings is 1. The number of carbonyl (C=O) groups excluding carboxylic acids is 1. The van der Waals surface area contributed by atoms with Gasteiger partial charge in [0.05, 0.1) is 5.69 Å². The van der Waals surface area contributed by atoms with Crippen molar-refractivity contribution in [3.63, 3.8) is 0 Å². The lowest BCUT2D eigenvalue weighted by atomic mass is 9.95. The molecule has 2 unspecified atom stereocenters. The van der Waals surface area contributed by atoms with E-state index in [2.05, 4.69) is 22.7 Å². The molecule has 1 aromatic heterocycles. The van der Waals surface area contributed by atoms with Gasteiger partial charge in [-0.15, -0.1) is 0 Å². The molecular weight excluding hydrogens is 292 g/mol. The highest BCUT2D eigenvalue weighted by Crippen LogP contribution is 2.12. The van der Waals surface area contributed by atoms with Crippen molar-refractivity contribution in [2.45, 2.75) is 26.3 Å². The van der Waals surface area contributed by atoms with Gasteiger partial charge in [-0.25, -0.2) is 4.68 Å². The molecule has 1 saturated heterocycles. The van der Waals surface area contributed by atoms with Crippen molar-refractivity contribution in [3.8, 4) is 5.69 Å². The lowest BCUT2D eigenvalue weighted by molar-refractivity contribution is 0.0909. The molecule has 1 aromatic carbocycles. The van der Waals surface area contributed by atoms with E-state index in [-0.39, 0.29) is 23.2 Å². The summed E-state index contributed by atoms with van der Waals surface area (Å²) in [6.07, 6.45) is 1.03. The Kier molecular flexibility index (Phi) is 4.34. The molecule has 6 nitrogen and oxygen atoms in total. The minimum absolute atomic E-state index is 0.0856. The number of nitrogens with one attached hydrogen (secondary N) is 3. The first-order chi connectivity index (χ1) is 11.0. The Balaban J connectivity index is 1.78. The van der Waals surface area contributed by atoms with Crippen LogP contribution in [0, 0.1) is 12.8 Å². The highest BCUT2D eigenvalue weighted by Gasteiger charge is 2.24. The van der Waals surface area contributed by atoms with Gasteiger partial charge < -0.3 is 10.6 Å². The topological polar surface area (TPSA) is 78.9 Å². The van der Waals surface area contributed by atoms with Crippen LogP contribution < -0.4 is 16.2 Å². The minimum Gasteiger partial charge on any atom is -0.346 e. The monoisotopic (exact) mass is 314 g/mol. The number of carbonyl (C=O) groups is 1. The van der Waals surface area contributed by atoms with Crippen LogP contribution in [0.2, 0.25) is 0 Å². The van der Waals surface area contributed by atoms with Gasteiger partial charge in [0.2, 0.25) is 0 Å². The Bertz CT molecular complexity index is 745. The van der Waals surface area contributed by atoms with Crippen LogP contribution in [0.3, 0.4) is 0 Å². The van der Waals surface area contributed by atoms with E-state index in [9.17, 15) is 9.59 Å². The summed E-state index contributed by atoms with van der Waals surface area (Å²) in [6.45, 7) is 5.86. The second kappa shape index (κ2) is 6.42. The number of nitrogens with zero attached hydrogens (tertiary/aromatic N) is 1. The first kappa shape index (κ1) is 15.6. The molecule has 1 amide bonds. The molecule has 23 heavy (non-hydrogen) atoms. The SMILES string of the molecule is Cc1ccc(-n2[nH]c(C(=O)NC3CNCCC3C)cc2=O)cc1. The summed E-state index contributed by atoms with van der Waals surface area (Å²) in [5.41, 5.74) is 1.87. The van der Waals surface area contributed by atoms with E-state index in [1.807, 2.05) is 31.2 Å². The summed E-state index contributed by atoms with van der Waals surface area (Å²) in [4.78, 5) is 24.5. The third kappa shape index (κ3) is 3.37. The summed E-state index contributed by atoms with van der Waals surface area (Å²) < 4.78 is 1.39. The zero-order valence-electron chi connectivity index (χ0n) is 13.4. The molecule has 0 spiro atoms. The third-order valence-electron chi connectivity index (χ3n) is 4.40. The van der Waals surface area contributed by atoms with Crippen LogP contribution in [0.1, 0.15) is 29.4 Å². The number of hydrogen-bond donors (Lipinski definition) is 3. The first-order valence-corrected chi connectivity index (χ1v) is 7.95. The molecule has 3 rings (SSSR count). The summed E-state index contributed by atoms with van der Waals surface area (Å²) in [7, 11) is 0. The fraction of sp³-hybridized carbons (Fsp3) is 0.412. The Hall–Kier alpha value is -2.34. The molecule has 2 aromatic rings. The van der Waals surface area contributed by atoms with E-state index in [1.165, 1.54) is 10.7 Å². The predicted octanol–water partition coefficient (Wildman–Crippen LogP) is 1.20. The van der Waals surface area contributed by atoms with Crippen molar-refractivity contribution in [3.05, 3.63) is 51.9 Å². The molecule has 2 atom stereocenters. The molecule has 1 aliphatic heterocycles. The van der Waals surface area contributed by atoms with Gasteiger partial charge in [0.25, 0.3) is 11.5 Å². The van der Waals surface area contributed by atoms with Gasteiger partial charge >= 0.3 is 0 Å². The van der Waals surface area contributed by atoms with Gasteiger partial charge in [-0.3, -0.25) is 14.7 Å². The van der Waals surface area contributed by atoms with E-state index in [1.54, 1.807) is 0 Å². The summed E-state index contributed by atoms with van der Waals surface area (Å²) in [5, 5.41) is 9.17. The normalized spacial score (nSPS) is 21.1. The average molecular weight is 314 g/mol. The number of aryl methyl sites for hydroxylation is 1. The standard InChI is InChI=1S/C17H22N4O2/c1-11-3-5-13(6-4-11)21-16(22)9-14(20-21)17(23)19-15-10-18-8-7-12(15)2/h3-6,9,12,15,18,20H,7-8,10H2,1-2H3,(H,19,23). The van der Waals surface area contributed by atoms with Crippen LogP contribution >= 0.6 is 0 Å². The zero-order chi connectivity index (χ0) is 16.4. The van der Waals surface area contributed by atoms with Gasteiger partial charge in [-0.1, -0.05) is 24.6 Å². The fourth-order valence-corrected chi connectivity index (χ4v) is 2.83. The highest BCUT2D eigenvalue weighted by molar-refractivity contribution is 5.92. The number of amides is 1. The van der Waals surface area contributed by atoms with Crippen LogP contribution in [0.4, 0.5) is 0 Å². The second-order valence-corrected chi connectivity index (χ2v) is 6.23. The molecular formula is C17H22N4O2. The molecule has 2 heterocycles. The number of benzene rings is 1. The van der Waals surface area contributed by atoms with E-state index in [4.69, 9.17) is 0 Å². The van der Waals surface area contributed by atoms with Gasteiger partial charge in [-0.05, 0) is 37.9 Å². The number of rotatable bonds is 3. The maximum absolute atomic E-state index is 12.4. The van der Waals surface area contributed by atoms with Gasteiger partial charge in [-0.2, -0.15) is 0 Å². The lowest BCUT2D eigenvalue weighted by Gasteiger charge is -2.30. The van der Waals surface area contributed by atoms with Crippen LogP contribution in [0.5, 0.6) is 0 Å². The molecule has 0 aliphatic carbocycles. The van der Waals surface area contributed by atoms with Gasteiger partial charge in [0.15, 0.2) is 0 Å². The third-order valence-corrected chi connectivity index (χ3v) is 4.40. The van der Waals surface area contributed by atoms with Crippen LogP contribution in [0.15, 0.2) is 35.1 Å². The Morgan fingerprint density at radius 2 is 2.04 bits per heavy atom. The van der Waals surface area contributed by atoms with E-state index < -0.39 is 0 Å². The quantitative estimate of drug-likeness (QED) is 0.796. The maximum Gasteiger partial charge on any atom is 0.271 e. The van der Waals surface area contributed by atoms with Crippen molar-refractivity contribution >= 4 is 5.91 Å². The molecule has 122 valence electrons. The van der Waals surface area contributed by atoms with Crippen molar-refractivity contribution in [1.29, 1.82) is 0 Å². The summed E-state index contributed by atoms with van der Waals surface area (Å²) >= 11 is 0. The molecule has 1 aliphatic rings. The fourth-order valence-electron chi connectivity index (χ4n) is 2.83. The van der Waals surface area contributed by atoms with E-state index >= 15 is 0 Å². The van der Waals surface area contributed by atoms with Gasteiger partial charge in [0, 0.05) is 18.7 Å². The van der Waals surface area contributed by atoms with Crippen LogP contribution in [0.25, 0.3) is 5.69 Å². The Morgan fingerprint density at radius 1 is 1.30 bits per heavy atom. The van der Waals surface area contributed by atoms with E-state index in [0.29, 0.717) is 11.6 Å². The number of aromatic amines is 1. The van der Waals surface area contributed by atoms with Crippen LogP contribution in [-0.2, 0) is 0 Å². The van der Waals surface area contributed by atoms with Crippen molar-refractivity contribution in [1.82, 2.24) is 20.4 Å². The number of H-pyrrole nitrogens is 1. The molecule has 1 fully saturated rings. The molecule has 3 N–H and O–H groups in total. The Morgan fingerprint density at radius 3 is 2.74 bits per heavy atom. The maximum atomic E-state index is 12.4. The first-order valence-electron chi connectivity index (χ1n) is 7.95. The second-order valence-electron chi connectivity index (χ2n) is 6.23. The summed E-state index contributed by atoms with van der Waals surface area (Å²) in [6, 6.07) is 8.98. The molecule has 0 radical (unpaired) electrons. The number of aromatic nitrogens is 2. The smallest absolute Gasteiger partial charge is 0.271 e. The highest BCUT2D eigenvalue weighted by atomic mass is 16.2. The lowest BCUT2D eigenvalue weighted by Crippen LogP contribution is -2.50. The van der Waals surface area contributed by atoms with E-state index in [0.717, 1.165) is 25.1 Å². The minimum atomic E-state index is -0.242. The van der Waals surface area contributed by atoms with Crippen molar-refractivity contribution < 1.29 is 4.79 Å². The van der Waals surface area contributed by atoms with Gasteiger partial charge in [0.1, 0.15) is 5.69 Å². The molecule has 0 bridgehead atoms. The number of hydrogen-bond acceptors (Lipinski definition) is 3. The van der Waals surface area contributed by atoms with Crippen molar-refractivity contribution in [2.24, 2.45) is 5.92 Å². The zero-order valence-corrected chi connectivity index (χ0v) is 13.4. The molecule has 0 saturated carbocycles.